The molecule has 1 aromatic heterocycles. The van der Waals surface area contributed by atoms with Crippen molar-refractivity contribution in [3.63, 3.8) is 0 Å². The lowest BCUT2D eigenvalue weighted by atomic mass is 9.85. The molecule has 1 aliphatic rings. The van der Waals surface area contributed by atoms with Crippen LogP contribution in [0.2, 0.25) is 0 Å². The summed E-state index contributed by atoms with van der Waals surface area (Å²) in [5, 5.41) is 2.77. The minimum atomic E-state index is -0.0985. The van der Waals surface area contributed by atoms with Crippen molar-refractivity contribution < 1.29 is 14.3 Å². The number of pyridine rings is 1. The monoisotopic (exact) mass is 435 g/mol. The number of carbonyl (C=O) groups is 2. The van der Waals surface area contributed by atoms with Gasteiger partial charge in [0.25, 0.3) is 0 Å². The second-order valence-electron chi connectivity index (χ2n) is 9.24. The number of para-hydroxylation sites is 1. The number of hydrogen-bond acceptors (Lipinski definition) is 4. The second-order valence-corrected chi connectivity index (χ2v) is 9.24. The molecule has 1 aliphatic heterocycles. The second kappa shape index (κ2) is 9.98. The number of amides is 2. The third-order valence-electron chi connectivity index (χ3n) is 5.42. The van der Waals surface area contributed by atoms with Crippen LogP contribution in [0.1, 0.15) is 62.8 Å². The van der Waals surface area contributed by atoms with E-state index in [4.69, 9.17) is 4.74 Å². The molecule has 0 bridgehead atoms. The lowest BCUT2D eigenvalue weighted by Crippen LogP contribution is -2.25. The Morgan fingerprint density at radius 3 is 2.78 bits per heavy atom. The quantitative estimate of drug-likeness (QED) is 0.639. The average molecular weight is 436 g/mol. The maximum absolute atomic E-state index is 12.8. The maximum atomic E-state index is 12.8. The van der Waals surface area contributed by atoms with E-state index in [-0.39, 0.29) is 17.2 Å². The minimum absolute atomic E-state index is 0.0112. The standard InChI is InChI=1S/C26H33N3O3/c1-6-14-32-24-20(8-7-9-21(24)26(2,3)4)17-29(5)23(31)13-10-18-15-19-11-12-22(30)28-25(19)27-16-18/h7-10,13,15-16H,6,11-12,14,17H2,1-5H3,(H,27,28,30). The van der Waals surface area contributed by atoms with Gasteiger partial charge in [0.15, 0.2) is 0 Å². The molecule has 2 heterocycles. The number of aryl methyl sites for hydroxylation is 1. The predicted molar refractivity (Wildman–Crippen MR) is 128 cm³/mol. The molecule has 0 saturated carbocycles. The molecular formula is C26H33N3O3. The van der Waals surface area contributed by atoms with Crippen LogP contribution in [0.15, 0.2) is 36.5 Å². The fourth-order valence-corrected chi connectivity index (χ4v) is 3.67. The highest BCUT2D eigenvalue weighted by Gasteiger charge is 2.22. The van der Waals surface area contributed by atoms with E-state index in [2.05, 4.69) is 44.1 Å². The Balaban J connectivity index is 1.74. The van der Waals surface area contributed by atoms with Gasteiger partial charge in [-0.05, 0) is 47.1 Å². The predicted octanol–water partition coefficient (Wildman–Crippen LogP) is 4.72. The van der Waals surface area contributed by atoms with Crippen molar-refractivity contribution >= 4 is 23.7 Å². The largest absolute Gasteiger partial charge is 0.493 e. The van der Waals surface area contributed by atoms with Crippen molar-refractivity contribution in [1.82, 2.24) is 9.88 Å². The van der Waals surface area contributed by atoms with Gasteiger partial charge >= 0.3 is 0 Å². The molecule has 0 aliphatic carbocycles. The fraction of sp³-hybridized carbons (Fsp3) is 0.423. The number of ether oxygens (including phenoxy) is 1. The number of nitrogens with one attached hydrogen (secondary N) is 1. The molecule has 0 spiro atoms. The third kappa shape index (κ3) is 5.75. The molecule has 0 saturated heterocycles. The van der Waals surface area contributed by atoms with E-state index < -0.39 is 0 Å². The van der Waals surface area contributed by atoms with Crippen molar-refractivity contribution in [3.05, 3.63) is 58.8 Å². The van der Waals surface area contributed by atoms with Gasteiger partial charge in [-0.1, -0.05) is 45.9 Å². The van der Waals surface area contributed by atoms with E-state index in [1.54, 1.807) is 30.3 Å². The van der Waals surface area contributed by atoms with E-state index in [0.717, 1.165) is 34.4 Å². The summed E-state index contributed by atoms with van der Waals surface area (Å²) in [6, 6.07) is 8.12. The molecular weight excluding hydrogens is 402 g/mol. The summed E-state index contributed by atoms with van der Waals surface area (Å²) in [5.74, 6) is 1.38. The Labute approximate surface area is 190 Å². The molecule has 32 heavy (non-hydrogen) atoms. The molecule has 170 valence electrons. The molecule has 0 unspecified atom stereocenters. The Hall–Kier alpha value is -3.15. The number of fused-ring (bicyclic) bond motifs is 1. The van der Waals surface area contributed by atoms with Gasteiger partial charge in [-0.2, -0.15) is 0 Å². The lowest BCUT2D eigenvalue weighted by molar-refractivity contribution is -0.125. The van der Waals surface area contributed by atoms with Gasteiger partial charge < -0.3 is 15.0 Å². The highest BCUT2D eigenvalue weighted by molar-refractivity contribution is 5.93. The zero-order valence-electron chi connectivity index (χ0n) is 19.7. The fourth-order valence-electron chi connectivity index (χ4n) is 3.67. The van der Waals surface area contributed by atoms with Gasteiger partial charge in [-0.15, -0.1) is 0 Å². The van der Waals surface area contributed by atoms with Crippen molar-refractivity contribution in [2.24, 2.45) is 0 Å². The summed E-state index contributed by atoms with van der Waals surface area (Å²) in [6.45, 7) is 9.69. The van der Waals surface area contributed by atoms with Crippen molar-refractivity contribution in [2.45, 2.75) is 58.9 Å². The van der Waals surface area contributed by atoms with Gasteiger partial charge in [-0.3, -0.25) is 9.59 Å². The van der Waals surface area contributed by atoms with Crippen LogP contribution < -0.4 is 10.1 Å². The molecule has 1 aromatic carbocycles. The molecule has 3 rings (SSSR count). The van der Waals surface area contributed by atoms with Crippen molar-refractivity contribution in [1.29, 1.82) is 0 Å². The van der Waals surface area contributed by atoms with Gasteiger partial charge in [0.05, 0.1) is 6.61 Å². The first-order valence-corrected chi connectivity index (χ1v) is 11.2. The van der Waals surface area contributed by atoms with Crippen LogP contribution in [0.5, 0.6) is 5.75 Å². The Bertz CT molecular complexity index is 1020. The minimum Gasteiger partial charge on any atom is -0.493 e. The third-order valence-corrected chi connectivity index (χ3v) is 5.42. The first kappa shape index (κ1) is 23.5. The zero-order chi connectivity index (χ0) is 23.3. The summed E-state index contributed by atoms with van der Waals surface area (Å²) in [5.41, 5.74) is 3.92. The van der Waals surface area contributed by atoms with Crippen LogP contribution in [0.25, 0.3) is 6.08 Å². The Kier molecular flexibility index (Phi) is 7.33. The van der Waals surface area contributed by atoms with Crippen LogP contribution in [-0.2, 0) is 28.0 Å². The van der Waals surface area contributed by atoms with Gasteiger partial charge in [0.2, 0.25) is 11.8 Å². The molecule has 0 atom stereocenters. The van der Waals surface area contributed by atoms with Gasteiger partial charge in [0, 0.05) is 37.8 Å². The first-order valence-electron chi connectivity index (χ1n) is 11.2. The molecule has 6 nitrogen and oxygen atoms in total. The van der Waals surface area contributed by atoms with Crippen LogP contribution in [0, 0.1) is 0 Å². The number of hydrogen-bond donors (Lipinski definition) is 1. The maximum Gasteiger partial charge on any atom is 0.246 e. The molecule has 2 aromatic rings. The molecule has 6 heteroatoms. The number of benzene rings is 1. The summed E-state index contributed by atoms with van der Waals surface area (Å²) in [6.07, 6.45) is 7.03. The lowest BCUT2D eigenvalue weighted by Gasteiger charge is -2.26. The number of nitrogens with zero attached hydrogens (tertiary/aromatic N) is 2. The smallest absolute Gasteiger partial charge is 0.246 e. The normalized spacial score (nSPS) is 13.6. The summed E-state index contributed by atoms with van der Waals surface area (Å²) in [7, 11) is 1.79. The summed E-state index contributed by atoms with van der Waals surface area (Å²) in [4.78, 5) is 30.3. The average Bonchev–Trinajstić information content (AvgIpc) is 2.75. The van der Waals surface area contributed by atoms with Gasteiger partial charge in [-0.25, -0.2) is 4.98 Å². The van der Waals surface area contributed by atoms with Crippen LogP contribution >= 0.6 is 0 Å². The van der Waals surface area contributed by atoms with Crippen molar-refractivity contribution in [2.75, 3.05) is 19.0 Å². The number of rotatable bonds is 7. The van der Waals surface area contributed by atoms with Crippen LogP contribution in [-0.4, -0.2) is 35.4 Å². The van der Waals surface area contributed by atoms with E-state index in [0.29, 0.717) is 31.8 Å². The Morgan fingerprint density at radius 1 is 1.28 bits per heavy atom. The number of likely N-dealkylation sites (N-methyl/N-ethyl adjacent to an activating group) is 1. The van der Waals surface area contributed by atoms with Crippen LogP contribution in [0.3, 0.4) is 0 Å². The van der Waals surface area contributed by atoms with E-state index in [1.165, 1.54) is 0 Å². The SMILES string of the molecule is CCCOc1c(CN(C)C(=O)C=Cc2cnc3c(c2)CCC(=O)N3)cccc1C(C)(C)C. The van der Waals surface area contributed by atoms with Gasteiger partial charge in [0.1, 0.15) is 11.6 Å². The van der Waals surface area contributed by atoms with Crippen molar-refractivity contribution in [3.8, 4) is 5.75 Å². The number of aromatic nitrogens is 1. The topological polar surface area (TPSA) is 71.5 Å². The summed E-state index contributed by atoms with van der Waals surface area (Å²) < 4.78 is 6.12. The number of carbonyl (C=O) groups excluding carboxylic acids is 2. The van der Waals surface area contributed by atoms with Crippen LogP contribution in [0.4, 0.5) is 5.82 Å². The molecule has 1 N–H and O–H groups in total. The zero-order valence-corrected chi connectivity index (χ0v) is 19.7. The van der Waals surface area contributed by atoms with E-state index in [1.807, 2.05) is 18.2 Å². The number of anilines is 1. The molecule has 2 amide bonds. The highest BCUT2D eigenvalue weighted by Crippen LogP contribution is 2.35. The molecule has 0 fully saturated rings. The first-order chi connectivity index (χ1) is 15.2. The Morgan fingerprint density at radius 2 is 2.06 bits per heavy atom. The molecule has 0 radical (unpaired) electrons. The highest BCUT2D eigenvalue weighted by atomic mass is 16.5. The van der Waals surface area contributed by atoms with E-state index >= 15 is 0 Å². The summed E-state index contributed by atoms with van der Waals surface area (Å²) >= 11 is 0. The van der Waals surface area contributed by atoms with E-state index in [9.17, 15) is 9.59 Å².